The average Bonchev–Trinajstić information content (AvgIpc) is 2.36. The lowest BCUT2D eigenvalue weighted by Crippen LogP contribution is -2.48. The monoisotopic (exact) mass is 305 g/mol. The highest BCUT2D eigenvalue weighted by atomic mass is 16.3. The smallest absolute Gasteiger partial charge is 0.0880 e. The molecule has 0 aliphatic heterocycles. The van der Waals surface area contributed by atoms with Crippen LogP contribution in [0.4, 0.5) is 0 Å². The first-order chi connectivity index (χ1) is 9.46. The maximum absolute atomic E-state index is 10.3. The van der Waals surface area contributed by atoms with Gasteiger partial charge in [0.05, 0.1) is 23.9 Å². The molecule has 4 N–H and O–H groups in total. The first-order valence-electron chi connectivity index (χ1n) is 7.90. The van der Waals surface area contributed by atoms with E-state index < -0.39 is 17.3 Å². The molecule has 0 radical (unpaired) electrons. The minimum atomic E-state index is -1.09. The van der Waals surface area contributed by atoms with Gasteiger partial charge in [0.25, 0.3) is 0 Å². The molecule has 2 unspecified atom stereocenters. The number of rotatable bonds is 10. The zero-order valence-electron chi connectivity index (χ0n) is 14.5. The molecule has 0 saturated carbocycles. The molecule has 0 heterocycles. The van der Waals surface area contributed by atoms with Gasteiger partial charge < -0.3 is 25.3 Å². The Kier molecular flexibility index (Phi) is 8.36. The Morgan fingerprint density at radius 3 is 2.10 bits per heavy atom. The van der Waals surface area contributed by atoms with Gasteiger partial charge in [-0.15, -0.1) is 0 Å². The lowest BCUT2D eigenvalue weighted by molar-refractivity contribution is -0.0965. The van der Waals surface area contributed by atoms with Gasteiger partial charge in [-0.3, -0.25) is 0 Å². The third kappa shape index (κ3) is 7.06. The Balaban J connectivity index is 4.52. The van der Waals surface area contributed by atoms with Crippen LogP contribution in [0.5, 0.6) is 0 Å². The SMILES string of the molecule is CCCC(C)(O)[C@H](O)[C@@H](C)CN(C)[C@H](C)CC(C)(O)CO. The second-order valence-corrected chi connectivity index (χ2v) is 7.18. The highest BCUT2D eigenvalue weighted by Crippen LogP contribution is 2.24. The summed E-state index contributed by atoms with van der Waals surface area (Å²) >= 11 is 0. The van der Waals surface area contributed by atoms with E-state index in [0.29, 0.717) is 19.4 Å². The molecule has 0 aliphatic rings. The van der Waals surface area contributed by atoms with Crippen LogP contribution in [-0.4, -0.2) is 68.9 Å². The van der Waals surface area contributed by atoms with Crippen molar-refractivity contribution >= 4 is 0 Å². The summed E-state index contributed by atoms with van der Waals surface area (Å²) in [5, 5.41) is 39.6. The fraction of sp³-hybridized carbons (Fsp3) is 1.00. The molecule has 0 spiro atoms. The Bertz CT molecular complexity index is 294. The first-order valence-corrected chi connectivity index (χ1v) is 7.90. The van der Waals surface area contributed by atoms with Crippen LogP contribution < -0.4 is 0 Å². The van der Waals surface area contributed by atoms with Crippen molar-refractivity contribution in [2.45, 2.75) is 77.2 Å². The molecule has 128 valence electrons. The van der Waals surface area contributed by atoms with E-state index in [1.165, 1.54) is 0 Å². The maximum atomic E-state index is 10.3. The fourth-order valence-electron chi connectivity index (χ4n) is 2.86. The van der Waals surface area contributed by atoms with Crippen LogP contribution in [0.2, 0.25) is 0 Å². The summed E-state index contributed by atoms with van der Waals surface area (Å²) in [6, 6.07) is 0.0675. The van der Waals surface area contributed by atoms with Gasteiger partial charge in [0.1, 0.15) is 0 Å². The largest absolute Gasteiger partial charge is 0.393 e. The summed E-state index contributed by atoms with van der Waals surface area (Å²) in [6.07, 6.45) is 1.05. The van der Waals surface area contributed by atoms with Gasteiger partial charge in [-0.1, -0.05) is 20.3 Å². The molecule has 5 heteroatoms. The molecule has 0 aliphatic carbocycles. The van der Waals surface area contributed by atoms with Crippen molar-refractivity contribution in [2.24, 2.45) is 5.92 Å². The van der Waals surface area contributed by atoms with Gasteiger partial charge in [0, 0.05) is 12.6 Å². The van der Waals surface area contributed by atoms with E-state index in [2.05, 4.69) is 0 Å². The first kappa shape index (κ1) is 20.8. The number of hydrogen-bond donors (Lipinski definition) is 4. The third-order valence-electron chi connectivity index (χ3n) is 4.34. The van der Waals surface area contributed by atoms with Crippen molar-refractivity contribution in [3.8, 4) is 0 Å². The minimum absolute atomic E-state index is 0.0675. The highest BCUT2D eigenvalue weighted by Gasteiger charge is 2.34. The van der Waals surface area contributed by atoms with Crippen molar-refractivity contribution < 1.29 is 20.4 Å². The molecule has 5 atom stereocenters. The average molecular weight is 305 g/mol. The predicted octanol–water partition coefficient (Wildman–Crippen LogP) is 0.988. The summed E-state index contributed by atoms with van der Waals surface area (Å²) in [6.45, 7) is 9.52. The van der Waals surface area contributed by atoms with E-state index in [9.17, 15) is 15.3 Å². The summed E-state index contributed by atoms with van der Waals surface area (Å²) in [4.78, 5) is 2.04. The second-order valence-electron chi connectivity index (χ2n) is 7.18. The predicted molar refractivity (Wildman–Crippen MR) is 85.1 cm³/mol. The molecule has 0 saturated heterocycles. The van der Waals surface area contributed by atoms with Crippen LogP contribution in [0, 0.1) is 5.92 Å². The van der Waals surface area contributed by atoms with Gasteiger partial charge in [-0.2, -0.15) is 0 Å². The van der Waals surface area contributed by atoms with Gasteiger partial charge in [-0.25, -0.2) is 0 Å². The quantitative estimate of drug-likeness (QED) is 0.484. The van der Waals surface area contributed by atoms with Gasteiger partial charge >= 0.3 is 0 Å². The van der Waals surface area contributed by atoms with Crippen LogP contribution in [-0.2, 0) is 0 Å². The Labute approximate surface area is 129 Å². The standard InChI is InChI=1S/C16H35NO4/c1-7-8-16(5,21)14(19)12(2)10-17(6)13(3)9-15(4,20)11-18/h12-14,18-21H,7-11H2,1-6H3/t12-,13+,14+,15?,16?/m0/s1. The number of nitrogens with zero attached hydrogens (tertiary/aromatic N) is 1. The molecule has 0 rings (SSSR count). The summed E-state index contributed by atoms with van der Waals surface area (Å²) < 4.78 is 0. The summed E-state index contributed by atoms with van der Waals surface area (Å²) in [5.74, 6) is -0.0851. The Morgan fingerprint density at radius 1 is 1.14 bits per heavy atom. The van der Waals surface area contributed by atoms with Crippen LogP contribution >= 0.6 is 0 Å². The minimum Gasteiger partial charge on any atom is -0.393 e. The van der Waals surface area contributed by atoms with Crippen LogP contribution in [0.1, 0.15) is 53.9 Å². The lowest BCUT2D eigenvalue weighted by Gasteiger charge is -2.37. The zero-order chi connectivity index (χ0) is 16.8. The number of aliphatic hydroxyl groups excluding tert-OH is 2. The van der Waals surface area contributed by atoms with Crippen LogP contribution in [0.3, 0.4) is 0 Å². The van der Waals surface area contributed by atoms with Crippen molar-refractivity contribution in [2.75, 3.05) is 20.2 Å². The van der Waals surface area contributed by atoms with Crippen LogP contribution in [0.25, 0.3) is 0 Å². The molecular formula is C16H35NO4. The second kappa shape index (κ2) is 8.44. The van der Waals surface area contributed by atoms with E-state index >= 15 is 0 Å². The zero-order valence-corrected chi connectivity index (χ0v) is 14.5. The molecule has 21 heavy (non-hydrogen) atoms. The molecule has 0 aromatic rings. The number of aliphatic hydroxyl groups is 4. The van der Waals surface area contributed by atoms with E-state index in [0.717, 1.165) is 6.42 Å². The van der Waals surface area contributed by atoms with Crippen molar-refractivity contribution in [3.63, 3.8) is 0 Å². The molecule has 0 fully saturated rings. The van der Waals surface area contributed by atoms with Gasteiger partial charge in [-0.05, 0) is 46.6 Å². The topological polar surface area (TPSA) is 84.2 Å². The maximum Gasteiger partial charge on any atom is 0.0880 e. The van der Waals surface area contributed by atoms with Crippen LogP contribution in [0.15, 0.2) is 0 Å². The van der Waals surface area contributed by atoms with E-state index in [4.69, 9.17) is 5.11 Å². The summed E-state index contributed by atoms with van der Waals surface area (Å²) in [5.41, 5.74) is -2.17. The molecule has 0 aromatic carbocycles. The Morgan fingerprint density at radius 2 is 1.67 bits per heavy atom. The van der Waals surface area contributed by atoms with Crippen molar-refractivity contribution in [3.05, 3.63) is 0 Å². The lowest BCUT2D eigenvalue weighted by atomic mass is 9.85. The van der Waals surface area contributed by atoms with Crippen molar-refractivity contribution in [1.29, 1.82) is 0 Å². The third-order valence-corrected chi connectivity index (χ3v) is 4.34. The molecule has 0 bridgehead atoms. The molecule has 0 aromatic heterocycles. The summed E-state index contributed by atoms with van der Waals surface area (Å²) in [7, 11) is 1.93. The number of hydrogen-bond acceptors (Lipinski definition) is 5. The fourth-order valence-corrected chi connectivity index (χ4v) is 2.86. The molecular weight excluding hydrogens is 270 g/mol. The van der Waals surface area contributed by atoms with Gasteiger partial charge in [0.2, 0.25) is 0 Å². The normalized spacial score (nSPS) is 22.4. The molecule has 5 nitrogen and oxygen atoms in total. The van der Waals surface area contributed by atoms with E-state index in [-0.39, 0.29) is 18.6 Å². The van der Waals surface area contributed by atoms with Gasteiger partial charge in [0.15, 0.2) is 0 Å². The van der Waals surface area contributed by atoms with E-state index in [1.54, 1.807) is 13.8 Å². The van der Waals surface area contributed by atoms with E-state index in [1.807, 2.05) is 32.7 Å². The van der Waals surface area contributed by atoms with Crippen molar-refractivity contribution in [1.82, 2.24) is 4.90 Å². The highest BCUT2D eigenvalue weighted by molar-refractivity contribution is 4.87. The Hall–Kier alpha value is -0.200. The molecule has 0 amide bonds.